The second-order valence-corrected chi connectivity index (χ2v) is 5.55. The molecule has 0 aromatic heterocycles. The number of aryl methyl sites for hydroxylation is 2. The lowest BCUT2D eigenvalue weighted by Gasteiger charge is -2.19. The number of nitrogens with one attached hydrogen (secondary N) is 1. The van der Waals surface area contributed by atoms with Gasteiger partial charge in [0.15, 0.2) is 0 Å². The molecule has 1 unspecified atom stereocenters. The number of nitro groups is 1. The summed E-state index contributed by atoms with van der Waals surface area (Å²) in [6, 6.07) is 10.6. The molecule has 0 aliphatic carbocycles. The summed E-state index contributed by atoms with van der Waals surface area (Å²) in [5, 5.41) is 14.6. The SMILES string of the molecule is Cc1ccc(C)c(C(C)Nc2cc([N+](=O)[O-])ccc2Cl)c1. The molecule has 2 rings (SSSR count). The third-order valence-electron chi connectivity index (χ3n) is 3.43. The van der Waals surface area contributed by atoms with Gasteiger partial charge < -0.3 is 5.32 Å². The molecule has 0 spiro atoms. The van der Waals surface area contributed by atoms with E-state index in [1.54, 1.807) is 0 Å². The van der Waals surface area contributed by atoms with Gasteiger partial charge in [0, 0.05) is 18.2 Å². The molecule has 0 heterocycles. The van der Waals surface area contributed by atoms with Gasteiger partial charge in [0.05, 0.1) is 15.6 Å². The summed E-state index contributed by atoms with van der Waals surface area (Å²) in [5.74, 6) is 0. The summed E-state index contributed by atoms with van der Waals surface area (Å²) in [6.45, 7) is 6.09. The molecule has 0 bridgehead atoms. The fraction of sp³-hybridized carbons (Fsp3) is 0.250. The number of benzene rings is 2. The van der Waals surface area contributed by atoms with Crippen molar-refractivity contribution in [3.8, 4) is 0 Å². The van der Waals surface area contributed by atoms with Gasteiger partial charge in [-0.2, -0.15) is 0 Å². The minimum Gasteiger partial charge on any atom is -0.377 e. The van der Waals surface area contributed by atoms with Crippen LogP contribution in [0.1, 0.15) is 29.7 Å². The maximum atomic E-state index is 10.9. The Morgan fingerprint density at radius 2 is 1.90 bits per heavy atom. The second-order valence-electron chi connectivity index (χ2n) is 5.15. The Bertz CT molecular complexity index is 686. The summed E-state index contributed by atoms with van der Waals surface area (Å²) in [5.41, 5.74) is 4.09. The molecular weight excluding hydrogens is 288 g/mol. The van der Waals surface area contributed by atoms with Crippen molar-refractivity contribution in [1.29, 1.82) is 0 Å². The van der Waals surface area contributed by atoms with Crippen LogP contribution in [0.5, 0.6) is 0 Å². The normalized spacial score (nSPS) is 12.0. The first-order valence-corrected chi connectivity index (χ1v) is 7.04. The third-order valence-corrected chi connectivity index (χ3v) is 3.76. The summed E-state index contributed by atoms with van der Waals surface area (Å²) < 4.78 is 0. The van der Waals surface area contributed by atoms with E-state index in [1.807, 2.05) is 20.8 Å². The van der Waals surface area contributed by atoms with E-state index >= 15 is 0 Å². The molecule has 110 valence electrons. The zero-order valence-electron chi connectivity index (χ0n) is 12.2. The summed E-state index contributed by atoms with van der Waals surface area (Å²) in [4.78, 5) is 10.4. The van der Waals surface area contributed by atoms with E-state index in [4.69, 9.17) is 11.6 Å². The molecule has 4 nitrogen and oxygen atoms in total. The average molecular weight is 305 g/mol. The maximum Gasteiger partial charge on any atom is 0.271 e. The molecule has 0 saturated heterocycles. The van der Waals surface area contributed by atoms with Crippen LogP contribution >= 0.6 is 11.6 Å². The Balaban J connectivity index is 2.31. The van der Waals surface area contributed by atoms with Crippen LogP contribution in [-0.4, -0.2) is 4.92 Å². The molecule has 0 radical (unpaired) electrons. The Morgan fingerprint density at radius 1 is 1.19 bits per heavy atom. The van der Waals surface area contributed by atoms with Crippen LogP contribution in [0.2, 0.25) is 5.02 Å². The first kappa shape index (κ1) is 15.3. The monoisotopic (exact) mass is 304 g/mol. The molecule has 2 aromatic rings. The molecule has 2 aromatic carbocycles. The zero-order valence-corrected chi connectivity index (χ0v) is 12.9. The largest absolute Gasteiger partial charge is 0.377 e. The van der Waals surface area contributed by atoms with Crippen molar-refractivity contribution in [2.45, 2.75) is 26.8 Å². The maximum absolute atomic E-state index is 10.9. The van der Waals surface area contributed by atoms with Gasteiger partial charge >= 0.3 is 0 Å². The lowest BCUT2D eigenvalue weighted by molar-refractivity contribution is -0.384. The van der Waals surface area contributed by atoms with Crippen LogP contribution in [0.15, 0.2) is 36.4 Å². The standard InChI is InChI=1S/C16H17ClN2O2/c1-10-4-5-11(2)14(8-10)12(3)18-16-9-13(19(20)21)6-7-15(16)17/h4-9,12,18H,1-3H3. The molecule has 5 heteroatoms. The number of nitrogens with zero attached hydrogens (tertiary/aromatic N) is 1. The van der Waals surface area contributed by atoms with Gasteiger partial charge in [-0.05, 0) is 38.0 Å². The predicted octanol–water partition coefficient (Wildman–Crippen LogP) is 5.04. The molecule has 0 saturated carbocycles. The minimum absolute atomic E-state index is 0.00408. The number of hydrogen-bond acceptors (Lipinski definition) is 3. The number of anilines is 1. The van der Waals surface area contributed by atoms with E-state index in [2.05, 4.69) is 23.5 Å². The van der Waals surface area contributed by atoms with E-state index in [0.29, 0.717) is 10.7 Å². The number of rotatable bonds is 4. The quantitative estimate of drug-likeness (QED) is 0.636. The number of hydrogen-bond donors (Lipinski definition) is 1. The van der Waals surface area contributed by atoms with Crippen LogP contribution in [0, 0.1) is 24.0 Å². The van der Waals surface area contributed by atoms with Gasteiger partial charge in [-0.1, -0.05) is 35.4 Å². The first-order chi connectivity index (χ1) is 9.88. The van der Waals surface area contributed by atoms with Gasteiger partial charge in [0.2, 0.25) is 0 Å². The van der Waals surface area contributed by atoms with Crippen LogP contribution in [0.3, 0.4) is 0 Å². The Labute approximate surface area is 128 Å². The molecule has 1 N–H and O–H groups in total. The Kier molecular flexibility index (Phi) is 4.48. The number of non-ortho nitro benzene ring substituents is 1. The highest BCUT2D eigenvalue weighted by Crippen LogP contribution is 2.30. The van der Waals surface area contributed by atoms with Gasteiger partial charge in [-0.3, -0.25) is 10.1 Å². The summed E-state index contributed by atoms with van der Waals surface area (Å²) in [6.07, 6.45) is 0. The molecular formula is C16H17ClN2O2. The van der Waals surface area contributed by atoms with Crippen LogP contribution < -0.4 is 5.32 Å². The highest BCUT2D eigenvalue weighted by Gasteiger charge is 2.14. The van der Waals surface area contributed by atoms with E-state index in [0.717, 1.165) is 5.56 Å². The topological polar surface area (TPSA) is 55.2 Å². The molecule has 0 fully saturated rings. The van der Waals surface area contributed by atoms with Crippen LogP contribution in [-0.2, 0) is 0 Å². The highest BCUT2D eigenvalue weighted by atomic mass is 35.5. The van der Waals surface area contributed by atoms with E-state index in [1.165, 1.54) is 29.3 Å². The van der Waals surface area contributed by atoms with Gasteiger partial charge in [0.1, 0.15) is 0 Å². The van der Waals surface area contributed by atoms with Gasteiger partial charge in [0.25, 0.3) is 5.69 Å². The fourth-order valence-electron chi connectivity index (χ4n) is 2.27. The minimum atomic E-state index is -0.426. The Morgan fingerprint density at radius 3 is 2.57 bits per heavy atom. The summed E-state index contributed by atoms with van der Waals surface area (Å²) >= 11 is 6.12. The predicted molar refractivity (Wildman–Crippen MR) is 86.1 cm³/mol. The fourth-order valence-corrected chi connectivity index (χ4v) is 2.45. The van der Waals surface area contributed by atoms with Gasteiger partial charge in [-0.25, -0.2) is 0 Å². The summed E-state index contributed by atoms with van der Waals surface area (Å²) in [7, 11) is 0. The number of nitro benzene ring substituents is 1. The highest BCUT2D eigenvalue weighted by molar-refractivity contribution is 6.33. The third kappa shape index (κ3) is 3.52. The second kappa shape index (κ2) is 6.14. The van der Waals surface area contributed by atoms with Gasteiger partial charge in [-0.15, -0.1) is 0 Å². The van der Waals surface area contributed by atoms with Crippen LogP contribution in [0.4, 0.5) is 11.4 Å². The zero-order chi connectivity index (χ0) is 15.6. The van der Waals surface area contributed by atoms with E-state index in [9.17, 15) is 10.1 Å². The van der Waals surface area contributed by atoms with Crippen LogP contribution in [0.25, 0.3) is 0 Å². The Hall–Kier alpha value is -2.07. The smallest absolute Gasteiger partial charge is 0.271 e. The molecule has 0 aliphatic rings. The van der Waals surface area contributed by atoms with E-state index in [-0.39, 0.29) is 11.7 Å². The van der Waals surface area contributed by atoms with Crippen molar-refractivity contribution in [3.05, 3.63) is 68.2 Å². The van der Waals surface area contributed by atoms with Crippen molar-refractivity contribution in [3.63, 3.8) is 0 Å². The average Bonchev–Trinajstić information content (AvgIpc) is 2.43. The van der Waals surface area contributed by atoms with Crippen molar-refractivity contribution in [2.75, 3.05) is 5.32 Å². The van der Waals surface area contributed by atoms with Crippen molar-refractivity contribution in [1.82, 2.24) is 0 Å². The van der Waals surface area contributed by atoms with Crippen molar-refractivity contribution >= 4 is 23.0 Å². The molecule has 1 atom stereocenters. The van der Waals surface area contributed by atoms with Crippen molar-refractivity contribution in [2.24, 2.45) is 0 Å². The molecule has 21 heavy (non-hydrogen) atoms. The van der Waals surface area contributed by atoms with E-state index < -0.39 is 4.92 Å². The molecule has 0 aliphatic heterocycles. The lowest BCUT2D eigenvalue weighted by Crippen LogP contribution is -2.09. The number of halogens is 1. The lowest BCUT2D eigenvalue weighted by atomic mass is 10.00. The first-order valence-electron chi connectivity index (χ1n) is 6.66. The molecule has 0 amide bonds. The van der Waals surface area contributed by atoms with Crippen molar-refractivity contribution < 1.29 is 4.92 Å².